The standard InChI is InChI=1S/C16H24N4/c1-13(11-19-16-17-8-4-9-18-16)20-10-7-14-5-2-3-6-15(14)12-20/h2-3,5-6,13H,4,7-12H2,1H3,(H2,17,18,19). The molecule has 2 aliphatic rings. The molecule has 0 saturated heterocycles. The van der Waals surface area contributed by atoms with Gasteiger partial charge >= 0.3 is 0 Å². The fourth-order valence-corrected chi connectivity index (χ4v) is 2.92. The average Bonchev–Trinajstić information content (AvgIpc) is 2.53. The summed E-state index contributed by atoms with van der Waals surface area (Å²) in [6.07, 6.45) is 2.31. The van der Waals surface area contributed by atoms with Crippen molar-refractivity contribution in [2.75, 3.05) is 26.2 Å². The molecule has 0 aromatic heterocycles. The molecule has 0 aliphatic carbocycles. The summed E-state index contributed by atoms with van der Waals surface area (Å²) in [5, 5.41) is 6.75. The normalized spacial score (nSPS) is 20.6. The number of nitrogens with one attached hydrogen (secondary N) is 2. The van der Waals surface area contributed by atoms with E-state index >= 15 is 0 Å². The van der Waals surface area contributed by atoms with E-state index in [2.05, 4.69) is 51.7 Å². The summed E-state index contributed by atoms with van der Waals surface area (Å²) in [4.78, 5) is 7.01. The van der Waals surface area contributed by atoms with Crippen LogP contribution in [0.15, 0.2) is 29.3 Å². The Balaban J connectivity index is 1.53. The Kier molecular flexibility index (Phi) is 4.21. The van der Waals surface area contributed by atoms with Gasteiger partial charge in [-0.15, -0.1) is 0 Å². The number of aliphatic imine (C=N–C) groups is 1. The largest absolute Gasteiger partial charge is 0.356 e. The van der Waals surface area contributed by atoms with Crippen molar-refractivity contribution in [1.82, 2.24) is 15.5 Å². The second-order valence-electron chi connectivity index (χ2n) is 5.73. The zero-order valence-corrected chi connectivity index (χ0v) is 12.2. The molecule has 2 aliphatic heterocycles. The van der Waals surface area contributed by atoms with Gasteiger partial charge in [0.25, 0.3) is 0 Å². The maximum absolute atomic E-state index is 4.46. The highest BCUT2D eigenvalue weighted by Gasteiger charge is 2.20. The predicted molar refractivity (Wildman–Crippen MR) is 82.9 cm³/mol. The zero-order valence-electron chi connectivity index (χ0n) is 12.2. The maximum Gasteiger partial charge on any atom is 0.191 e. The Labute approximate surface area is 121 Å². The number of hydrogen-bond acceptors (Lipinski definition) is 4. The van der Waals surface area contributed by atoms with Crippen molar-refractivity contribution in [3.05, 3.63) is 35.4 Å². The Morgan fingerprint density at radius 2 is 2.20 bits per heavy atom. The van der Waals surface area contributed by atoms with Crippen LogP contribution in [0.3, 0.4) is 0 Å². The van der Waals surface area contributed by atoms with Crippen LogP contribution in [-0.4, -0.2) is 43.1 Å². The average molecular weight is 272 g/mol. The van der Waals surface area contributed by atoms with Crippen LogP contribution in [0, 0.1) is 0 Å². The molecule has 1 atom stereocenters. The molecule has 0 radical (unpaired) electrons. The van der Waals surface area contributed by atoms with Gasteiger partial charge in [-0.25, -0.2) is 0 Å². The lowest BCUT2D eigenvalue weighted by Crippen LogP contribution is -2.48. The first kappa shape index (κ1) is 13.4. The van der Waals surface area contributed by atoms with E-state index in [1.54, 1.807) is 0 Å². The Bertz CT molecular complexity index is 483. The molecule has 0 fully saturated rings. The van der Waals surface area contributed by atoms with E-state index in [1.807, 2.05) is 0 Å². The summed E-state index contributed by atoms with van der Waals surface area (Å²) < 4.78 is 0. The van der Waals surface area contributed by atoms with Gasteiger partial charge in [-0.2, -0.15) is 0 Å². The Morgan fingerprint density at radius 1 is 1.35 bits per heavy atom. The first-order valence-corrected chi connectivity index (χ1v) is 7.66. The molecule has 1 aromatic carbocycles. The molecule has 0 spiro atoms. The zero-order chi connectivity index (χ0) is 13.8. The maximum atomic E-state index is 4.46. The van der Waals surface area contributed by atoms with Crippen molar-refractivity contribution in [2.24, 2.45) is 4.99 Å². The van der Waals surface area contributed by atoms with Crippen molar-refractivity contribution in [2.45, 2.75) is 32.4 Å². The molecule has 2 heterocycles. The van der Waals surface area contributed by atoms with E-state index < -0.39 is 0 Å². The third kappa shape index (κ3) is 3.12. The van der Waals surface area contributed by atoms with Crippen molar-refractivity contribution >= 4 is 5.96 Å². The van der Waals surface area contributed by atoms with Crippen molar-refractivity contribution in [3.8, 4) is 0 Å². The number of nitrogens with zero attached hydrogens (tertiary/aromatic N) is 2. The minimum absolute atomic E-state index is 0.523. The number of hydrogen-bond donors (Lipinski definition) is 2. The minimum Gasteiger partial charge on any atom is -0.356 e. The lowest BCUT2D eigenvalue weighted by molar-refractivity contribution is 0.191. The van der Waals surface area contributed by atoms with E-state index in [1.165, 1.54) is 17.5 Å². The topological polar surface area (TPSA) is 39.7 Å². The summed E-state index contributed by atoms with van der Waals surface area (Å²) in [6.45, 7) is 7.45. The van der Waals surface area contributed by atoms with Gasteiger partial charge in [0.05, 0.1) is 0 Å². The molecule has 0 saturated carbocycles. The van der Waals surface area contributed by atoms with Gasteiger partial charge in [0.15, 0.2) is 5.96 Å². The first-order valence-electron chi connectivity index (χ1n) is 7.66. The lowest BCUT2D eigenvalue weighted by Gasteiger charge is -2.34. The number of benzene rings is 1. The Morgan fingerprint density at radius 3 is 3.00 bits per heavy atom. The number of fused-ring (bicyclic) bond motifs is 1. The molecular formula is C16H24N4. The third-order valence-corrected chi connectivity index (χ3v) is 4.25. The van der Waals surface area contributed by atoms with Gasteiger partial charge in [0, 0.05) is 38.8 Å². The SMILES string of the molecule is CC(CNC1=NCCCN1)N1CCc2ccccc2C1. The van der Waals surface area contributed by atoms with Crippen LogP contribution in [0.25, 0.3) is 0 Å². The van der Waals surface area contributed by atoms with Crippen LogP contribution in [0.2, 0.25) is 0 Å². The summed E-state index contributed by atoms with van der Waals surface area (Å²) in [6, 6.07) is 9.33. The molecule has 2 N–H and O–H groups in total. The summed E-state index contributed by atoms with van der Waals surface area (Å²) >= 11 is 0. The minimum atomic E-state index is 0.523. The highest BCUT2D eigenvalue weighted by Crippen LogP contribution is 2.19. The molecule has 0 bridgehead atoms. The highest BCUT2D eigenvalue weighted by atomic mass is 15.2. The van der Waals surface area contributed by atoms with Crippen LogP contribution >= 0.6 is 0 Å². The molecule has 1 aromatic rings. The van der Waals surface area contributed by atoms with Crippen LogP contribution in [0.1, 0.15) is 24.5 Å². The molecular weight excluding hydrogens is 248 g/mol. The molecule has 108 valence electrons. The highest BCUT2D eigenvalue weighted by molar-refractivity contribution is 5.80. The van der Waals surface area contributed by atoms with Gasteiger partial charge < -0.3 is 10.6 Å². The number of guanidine groups is 1. The number of rotatable bonds is 3. The predicted octanol–water partition coefficient (Wildman–Crippen LogP) is 1.37. The van der Waals surface area contributed by atoms with Gasteiger partial charge in [0.2, 0.25) is 0 Å². The molecule has 3 rings (SSSR count). The fourth-order valence-electron chi connectivity index (χ4n) is 2.92. The molecule has 1 unspecified atom stereocenters. The van der Waals surface area contributed by atoms with Gasteiger partial charge in [-0.3, -0.25) is 9.89 Å². The quantitative estimate of drug-likeness (QED) is 0.873. The molecule has 4 nitrogen and oxygen atoms in total. The molecule has 0 amide bonds. The van der Waals surface area contributed by atoms with E-state index in [0.717, 1.165) is 45.1 Å². The van der Waals surface area contributed by atoms with Gasteiger partial charge in [-0.05, 0) is 30.9 Å². The first-order chi connectivity index (χ1) is 9.83. The van der Waals surface area contributed by atoms with Gasteiger partial charge in [0.1, 0.15) is 0 Å². The van der Waals surface area contributed by atoms with Crippen LogP contribution in [-0.2, 0) is 13.0 Å². The van der Waals surface area contributed by atoms with Crippen molar-refractivity contribution in [3.63, 3.8) is 0 Å². The molecule has 4 heteroatoms. The summed E-state index contributed by atoms with van der Waals surface area (Å²) in [5.41, 5.74) is 3.00. The van der Waals surface area contributed by atoms with Crippen molar-refractivity contribution in [1.29, 1.82) is 0 Å². The smallest absolute Gasteiger partial charge is 0.191 e. The summed E-state index contributed by atoms with van der Waals surface area (Å²) in [7, 11) is 0. The third-order valence-electron chi connectivity index (χ3n) is 4.25. The van der Waals surface area contributed by atoms with E-state index in [9.17, 15) is 0 Å². The second-order valence-corrected chi connectivity index (χ2v) is 5.73. The fraction of sp³-hybridized carbons (Fsp3) is 0.562. The van der Waals surface area contributed by atoms with E-state index in [0.29, 0.717) is 6.04 Å². The van der Waals surface area contributed by atoms with E-state index in [4.69, 9.17) is 0 Å². The van der Waals surface area contributed by atoms with Crippen LogP contribution in [0.4, 0.5) is 0 Å². The summed E-state index contributed by atoms with van der Waals surface area (Å²) in [5.74, 6) is 0.973. The van der Waals surface area contributed by atoms with Gasteiger partial charge in [-0.1, -0.05) is 24.3 Å². The second kappa shape index (κ2) is 6.27. The Hall–Kier alpha value is -1.55. The monoisotopic (exact) mass is 272 g/mol. The van der Waals surface area contributed by atoms with Crippen LogP contribution < -0.4 is 10.6 Å². The van der Waals surface area contributed by atoms with Crippen molar-refractivity contribution < 1.29 is 0 Å². The van der Waals surface area contributed by atoms with E-state index in [-0.39, 0.29) is 0 Å². The van der Waals surface area contributed by atoms with Crippen LogP contribution in [0.5, 0.6) is 0 Å². The molecule has 20 heavy (non-hydrogen) atoms. The lowest BCUT2D eigenvalue weighted by atomic mass is 9.99.